The number of anilines is 1. The molecule has 0 aromatic heterocycles. The fourth-order valence-electron chi connectivity index (χ4n) is 2.55. The third kappa shape index (κ3) is 4.43. The molecule has 3 aromatic carbocycles. The number of hydrogen-bond acceptors (Lipinski definition) is 1. The Kier molecular flexibility index (Phi) is 5.44. The van der Waals surface area contributed by atoms with Gasteiger partial charge in [-0.2, -0.15) is 13.2 Å². The van der Waals surface area contributed by atoms with Gasteiger partial charge in [0.05, 0.1) is 16.3 Å². The Morgan fingerprint density at radius 1 is 0.889 bits per heavy atom. The number of nitrogens with one attached hydrogen (secondary N) is 1. The van der Waals surface area contributed by atoms with Crippen molar-refractivity contribution in [2.24, 2.45) is 0 Å². The van der Waals surface area contributed by atoms with E-state index in [2.05, 4.69) is 5.32 Å². The standard InChI is InChI=1S/C20H12Cl2F3NO/c21-14-9-10-17(22)18(11-14)26-19(27)16-4-2-1-3-15(16)12-5-7-13(8-6-12)20(23,24)25/h1-11H,(H,26,27). The van der Waals surface area contributed by atoms with Crippen LogP contribution in [-0.2, 0) is 6.18 Å². The third-order valence-electron chi connectivity index (χ3n) is 3.87. The summed E-state index contributed by atoms with van der Waals surface area (Å²) in [6, 6.07) is 15.9. The second kappa shape index (κ2) is 7.62. The first-order valence-electron chi connectivity index (χ1n) is 7.79. The van der Waals surface area contributed by atoms with E-state index in [4.69, 9.17) is 23.2 Å². The van der Waals surface area contributed by atoms with Crippen molar-refractivity contribution in [2.75, 3.05) is 5.32 Å². The SMILES string of the molecule is O=C(Nc1cc(Cl)ccc1Cl)c1ccccc1-c1ccc(C(F)(F)F)cc1. The molecule has 0 aliphatic carbocycles. The van der Waals surface area contributed by atoms with Crippen LogP contribution in [0.1, 0.15) is 15.9 Å². The molecule has 0 heterocycles. The van der Waals surface area contributed by atoms with Gasteiger partial charge in [0.15, 0.2) is 0 Å². The van der Waals surface area contributed by atoms with Crippen LogP contribution >= 0.6 is 23.2 Å². The average Bonchev–Trinajstić information content (AvgIpc) is 2.64. The first kappa shape index (κ1) is 19.3. The van der Waals surface area contributed by atoms with Crippen LogP contribution in [0.15, 0.2) is 66.7 Å². The van der Waals surface area contributed by atoms with Gasteiger partial charge < -0.3 is 5.32 Å². The van der Waals surface area contributed by atoms with Crippen LogP contribution in [0.4, 0.5) is 18.9 Å². The summed E-state index contributed by atoms with van der Waals surface area (Å²) in [5.74, 6) is -0.449. The van der Waals surface area contributed by atoms with Crippen molar-refractivity contribution in [2.45, 2.75) is 6.18 Å². The minimum Gasteiger partial charge on any atom is -0.321 e. The number of halogens is 5. The Bertz CT molecular complexity index is 985. The molecule has 0 spiro atoms. The Hall–Kier alpha value is -2.50. The number of benzene rings is 3. The van der Waals surface area contributed by atoms with E-state index in [9.17, 15) is 18.0 Å². The second-order valence-electron chi connectivity index (χ2n) is 5.70. The highest BCUT2D eigenvalue weighted by Crippen LogP contribution is 2.32. The van der Waals surface area contributed by atoms with Crippen molar-refractivity contribution in [3.05, 3.63) is 87.9 Å². The van der Waals surface area contributed by atoms with Gasteiger partial charge in [-0.15, -0.1) is 0 Å². The van der Waals surface area contributed by atoms with E-state index in [-0.39, 0.29) is 0 Å². The van der Waals surface area contributed by atoms with Gasteiger partial charge in [0.25, 0.3) is 5.91 Å². The highest BCUT2D eigenvalue weighted by molar-refractivity contribution is 6.36. The molecule has 138 valence electrons. The maximum atomic E-state index is 12.8. The Morgan fingerprint density at radius 2 is 1.56 bits per heavy atom. The number of hydrogen-bond donors (Lipinski definition) is 1. The summed E-state index contributed by atoms with van der Waals surface area (Å²) in [4.78, 5) is 12.7. The molecule has 0 saturated carbocycles. The summed E-state index contributed by atoms with van der Waals surface area (Å²) < 4.78 is 38.3. The molecule has 0 bridgehead atoms. The second-order valence-corrected chi connectivity index (χ2v) is 6.54. The predicted octanol–water partition coefficient (Wildman–Crippen LogP) is 6.93. The summed E-state index contributed by atoms with van der Waals surface area (Å²) >= 11 is 12.0. The Labute approximate surface area is 163 Å². The number of alkyl halides is 3. The van der Waals surface area contributed by atoms with Gasteiger partial charge in [-0.05, 0) is 47.5 Å². The highest BCUT2D eigenvalue weighted by Gasteiger charge is 2.30. The maximum Gasteiger partial charge on any atom is 0.416 e. The Balaban J connectivity index is 1.94. The molecule has 27 heavy (non-hydrogen) atoms. The molecule has 0 aliphatic rings. The molecule has 3 rings (SSSR count). The fourth-order valence-corrected chi connectivity index (χ4v) is 2.89. The quantitative estimate of drug-likeness (QED) is 0.498. The van der Waals surface area contributed by atoms with E-state index in [0.717, 1.165) is 12.1 Å². The maximum absolute atomic E-state index is 12.8. The van der Waals surface area contributed by atoms with Crippen LogP contribution in [0, 0.1) is 0 Å². The number of rotatable bonds is 3. The molecule has 1 N–H and O–H groups in total. The highest BCUT2D eigenvalue weighted by atomic mass is 35.5. The van der Waals surface area contributed by atoms with Crippen LogP contribution in [-0.4, -0.2) is 5.91 Å². The lowest BCUT2D eigenvalue weighted by atomic mass is 9.98. The average molecular weight is 410 g/mol. The molecular formula is C20H12Cl2F3NO. The van der Waals surface area contributed by atoms with Crippen molar-refractivity contribution < 1.29 is 18.0 Å². The van der Waals surface area contributed by atoms with Crippen molar-refractivity contribution in [3.8, 4) is 11.1 Å². The van der Waals surface area contributed by atoms with Crippen LogP contribution in [0.3, 0.4) is 0 Å². The number of carbonyl (C=O) groups excluding carboxylic acids is 1. The van der Waals surface area contributed by atoms with Gasteiger partial charge in [0.2, 0.25) is 0 Å². The van der Waals surface area contributed by atoms with Crippen LogP contribution in [0.25, 0.3) is 11.1 Å². The lowest BCUT2D eigenvalue weighted by Crippen LogP contribution is -2.13. The molecule has 3 aromatic rings. The van der Waals surface area contributed by atoms with E-state index in [0.29, 0.717) is 32.4 Å². The summed E-state index contributed by atoms with van der Waals surface area (Å²) in [5.41, 5.74) is 0.886. The van der Waals surface area contributed by atoms with E-state index < -0.39 is 17.6 Å². The fraction of sp³-hybridized carbons (Fsp3) is 0.0500. The van der Waals surface area contributed by atoms with Crippen LogP contribution < -0.4 is 5.32 Å². The molecule has 7 heteroatoms. The van der Waals surface area contributed by atoms with Gasteiger partial charge in [0.1, 0.15) is 0 Å². The molecular weight excluding hydrogens is 398 g/mol. The molecule has 0 unspecified atom stereocenters. The topological polar surface area (TPSA) is 29.1 Å². The van der Waals surface area contributed by atoms with E-state index in [1.807, 2.05) is 0 Å². The number of amides is 1. The van der Waals surface area contributed by atoms with Crippen molar-refractivity contribution >= 4 is 34.8 Å². The first-order valence-corrected chi connectivity index (χ1v) is 8.54. The van der Waals surface area contributed by atoms with Crippen molar-refractivity contribution in [1.82, 2.24) is 0 Å². The lowest BCUT2D eigenvalue weighted by Gasteiger charge is -2.13. The van der Waals surface area contributed by atoms with Gasteiger partial charge in [0, 0.05) is 10.6 Å². The molecule has 0 saturated heterocycles. The van der Waals surface area contributed by atoms with E-state index in [1.165, 1.54) is 18.2 Å². The van der Waals surface area contributed by atoms with Gasteiger partial charge >= 0.3 is 6.18 Å². The lowest BCUT2D eigenvalue weighted by molar-refractivity contribution is -0.137. The summed E-state index contributed by atoms with van der Waals surface area (Å²) in [6.45, 7) is 0. The van der Waals surface area contributed by atoms with Gasteiger partial charge in [-0.25, -0.2) is 0 Å². The van der Waals surface area contributed by atoms with E-state index >= 15 is 0 Å². The van der Waals surface area contributed by atoms with Gasteiger partial charge in [-0.3, -0.25) is 4.79 Å². The van der Waals surface area contributed by atoms with E-state index in [1.54, 1.807) is 36.4 Å². The largest absolute Gasteiger partial charge is 0.416 e. The van der Waals surface area contributed by atoms with Crippen molar-refractivity contribution in [1.29, 1.82) is 0 Å². The molecule has 1 amide bonds. The number of carbonyl (C=O) groups is 1. The zero-order valence-corrected chi connectivity index (χ0v) is 15.2. The molecule has 2 nitrogen and oxygen atoms in total. The molecule has 0 fully saturated rings. The Morgan fingerprint density at radius 3 is 2.22 bits per heavy atom. The zero-order chi connectivity index (χ0) is 19.6. The zero-order valence-electron chi connectivity index (χ0n) is 13.6. The summed E-state index contributed by atoms with van der Waals surface area (Å²) in [7, 11) is 0. The summed E-state index contributed by atoms with van der Waals surface area (Å²) in [6.07, 6.45) is -4.42. The van der Waals surface area contributed by atoms with Gasteiger partial charge in [-0.1, -0.05) is 53.5 Å². The summed E-state index contributed by atoms with van der Waals surface area (Å²) in [5, 5.41) is 3.41. The third-order valence-corrected chi connectivity index (χ3v) is 4.44. The minimum atomic E-state index is -4.42. The first-order chi connectivity index (χ1) is 12.8. The normalized spacial score (nSPS) is 11.3. The smallest absolute Gasteiger partial charge is 0.321 e. The molecule has 0 radical (unpaired) electrons. The molecule has 0 aliphatic heterocycles. The monoisotopic (exact) mass is 409 g/mol. The predicted molar refractivity (Wildman–Crippen MR) is 101 cm³/mol. The minimum absolute atomic E-state index is 0.299. The molecule has 0 atom stereocenters. The van der Waals surface area contributed by atoms with Crippen molar-refractivity contribution in [3.63, 3.8) is 0 Å². The van der Waals surface area contributed by atoms with Crippen LogP contribution in [0.2, 0.25) is 10.0 Å². The van der Waals surface area contributed by atoms with Crippen LogP contribution in [0.5, 0.6) is 0 Å².